The van der Waals surface area contributed by atoms with Crippen molar-refractivity contribution in [3.05, 3.63) is 29.8 Å². The van der Waals surface area contributed by atoms with Crippen LogP contribution in [0, 0.1) is 5.92 Å². The summed E-state index contributed by atoms with van der Waals surface area (Å²) in [6, 6.07) is 5.59. The third-order valence-corrected chi connectivity index (χ3v) is 4.17. The van der Waals surface area contributed by atoms with Crippen LogP contribution in [0.2, 0.25) is 0 Å². The number of nitrogens with one attached hydrogen (secondary N) is 2. The Bertz CT molecular complexity index is 629. The Morgan fingerprint density at radius 3 is 2.50 bits per heavy atom. The highest BCUT2D eigenvalue weighted by Crippen LogP contribution is 2.24. The first-order valence-electron chi connectivity index (χ1n) is 8.28. The van der Waals surface area contributed by atoms with Crippen molar-refractivity contribution in [3.8, 4) is 5.75 Å². The number of hydrogen-bond acceptors (Lipinski definition) is 3. The summed E-state index contributed by atoms with van der Waals surface area (Å²) < 4.78 is 41.2. The summed E-state index contributed by atoms with van der Waals surface area (Å²) in [5.74, 6) is -1.08. The van der Waals surface area contributed by atoms with Gasteiger partial charge in [0.1, 0.15) is 5.75 Å². The van der Waals surface area contributed by atoms with Gasteiger partial charge in [0.15, 0.2) is 6.61 Å². The summed E-state index contributed by atoms with van der Waals surface area (Å²) in [6.07, 6.45) is -2.15. The van der Waals surface area contributed by atoms with Gasteiger partial charge in [-0.2, -0.15) is 13.2 Å². The van der Waals surface area contributed by atoms with Crippen LogP contribution in [0.4, 0.5) is 18.0 Å². The molecule has 144 valence electrons. The Hall–Kier alpha value is -2.45. The van der Waals surface area contributed by atoms with E-state index in [1.54, 1.807) is 12.1 Å². The van der Waals surface area contributed by atoms with E-state index < -0.39 is 24.8 Å². The van der Waals surface area contributed by atoms with Crippen LogP contribution in [0.1, 0.15) is 31.2 Å². The summed E-state index contributed by atoms with van der Waals surface area (Å²) >= 11 is 0. The first kappa shape index (κ1) is 19.9. The molecule has 0 bridgehead atoms. The average molecular weight is 374 g/mol. The molecular formula is C17H21F3N2O4. The number of hydrogen-bond donors (Lipinski definition) is 3. The number of carboxylic acid groups (broad SMARTS) is 1. The number of urea groups is 1. The van der Waals surface area contributed by atoms with Gasteiger partial charge >= 0.3 is 18.2 Å². The fourth-order valence-corrected chi connectivity index (χ4v) is 2.81. The van der Waals surface area contributed by atoms with E-state index in [0.29, 0.717) is 31.2 Å². The number of halogens is 3. The van der Waals surface area contributed by atoms with Crippen LogP contribution < -0.4 is 15.4 Å². The molecule has 0 radical (unpaired) electrons. The molecule has 1 fully saturated rings. The van der Waals surface area contributed by atoms with Gasteiger partial charge in [-0.1, -0.05) is 12.1 Å². The maximum absolute atomic E-state index is 12.2. The van der Waals surface area contributed by atoms with E-state index in [-0.39, 0.29) is 24.3 Å². The van der Waals surface area contributed by atoms with Crippen LogP contribution in [-0.2, 0) is 11.3 Å². The number of alkyl halides is 3. The second-order valence-electron chi connectivity index (χ2n) is 6.27. The number of carbonyl (C=O) groups excluding carboxylic acids is 1. The Labute approximate surface area is 148 Å². The lowest BCUT2D eigenvalue weighted by Gasteiger charge is -2.26. The molecule has 1 aliphatic carbocycles. The van der Waals surface area contributed by atoms with E-state index in [9.17, 15) is 22.8 Å². The van der Waals surface area contributed by atoms with Gasteiger partial charge in [-0.15, -0.1) is 0 Å². The third-order valence-electron chi connectivity index (χ3n) is 4.17. The molecule has 2 amide bonds. The highest BCUT2D eigenvalue weighted by atomic mass is 19.4. The van der Waals surface area contributed by atoms with Crippen molar-refractivity contribution >= 4 is 12.0 Å². The maximum Gasteiger partial charge on any atom is 0.422 e. The quantitative estimate of drug-likeness (QED) is 0.714. The number of carbonyl (C=O) groups is 2. The minimum Gasteiger partial charge on any atom is -0.484 e. The minimum atomic E-state index is -4.41. The summed E-state index contributed by atoms with van der Waals surface area (Å²) in [6.45, 7) is -1.23. The van der Waals surface area contributed by atoms with Crippen molar-refractivity contribution in [2.24, 2.45) is 5.92 Å². The Morgan fingerprint density at radius 2 is 1.88 bits per heavy atom. The zero-order chi connectivity index (χ0) is 19.2. The molecule has 0 unspecified atom stereocenters. The van der Waals surface area contributed by atoms with Gasteiger partial charge in [0.25, 0.3) is 0 Å². The van der Waals surface area contributed by atoms with Crippen LogP contribution in [0.25, 0.3) is 0 Å². The first-order chi connectivity index (χ1) is 12.2. The highest BCUT2D eigenvalue weighted by molar-refractivity contribution is 5.74. The molecule has 0 saturated heterocycles. The van der Waals surface area contributed by atoms with E-state index in [4.69, 9.17) is 5.11 Å². The topological polar surface area (TPSA) is 87.7 Å². The van der Waals surface area contributed by atoms with Crippen LogP contribution in [0.15, 0.2) is 24.3 Å². The largest absolute Gasteiger partial charge is 0.484 e. The van der Waals surface area contributed by atoms with Gasteiger partial charge < -0.3 is 20.5 Å². The SMILES string of the molecule is O=C(NCc1cccc(OCC(F)(F)F)c1)NC1CCC(C(=O)O)CC1. The monoisotopic (exact) mass is 374 g/mol. The molecule has 0 atom stereocenters. The van der Waals surface area contributed by atoms with E-state index in [2.05, 4.69) is 15.4 Å². The van der Waals surface area contributed by atoms with Crippen LogP contribution in [0.3, 0.4) is 0 Å². The number of carboxylic acids is 1. The summed E-state index contributed by atoms with van der Waals surface area (Å²) in [7, 11) is 0. The first-order valence-corrected chi connectivity index (χ1v) is 8.28. The highest BCUT2D eigenvalue weighted by Gasteiger charge is 2.28. The number of benzene rings is 1. The second kappa shape index (κ2) is 8.77. The number of amides is 2. The van der Waals surface area contributed by atoms with Gasteiger partial charge in [0.05, 0.1) is 5.92 Å². The molecular weight excluding hydrogens is 353 g/mol. The second-order valence-corrected chi connectivity index (χ2v) is 6.27. The minimum absolute atomic E-state index is 0.0768. The predicted molar refractivity (Wildman–Crippen MR) is 86.7 cm³/mol. The molecule has 3 N–H and O–H groups in total. The fourth-order valence-electron chi connectivity index (χ4n) is 2.81. The van der Waals surface area contributed by atoms with Gasteiger partial charge in [0, 0.05) is 12.6 Å². The lowest BCUT2D eigenvalue weighted by molar-refractivity contribution is -0.153. The average Bonchev–Trinajstić information content (AvgIpc) is 2.58. The number of ether oxygens (including phenoxy) is 1. The molecule has 1 aliphatic rings. The molecule has 0 aliphatic heterocycles. The maximum atomic E-state index is 12.2. The van der Waals surface area contributed by atoms with E-state index in [0.717, 1.165) is 0 Å². The predicted octanol–water partition coefficient (Wildman–Crippen LogP) is 3.07. The zero-order valence-electron chi connectivity index (χ0n) is 14.0. The molecule has 6 nitrogen and oxygen atoms in total. The molecule has 1 saturated carbocycles. The van der Waals surface area contributed by atoms with Gasteiger partial charge in [-0.3, -0.25) is 4.79 Å². The molecule has 0 heterocycles. The van der Waals surface area contributed by atoms with Crippen molar-refractivity contribution in [1.82, 2.24) is 10.6 Å². The van der Waals surface area contributed by atoms with Gasteiger partial charge in [0.2, 0.25) is 0 Å². The molecule has 1 aromatic rings. The summed E-state index contributed by atoms with van der Waals surface area (Å²) in [5.41, 5.74) is 0.606. The fraction of sp³-hybridized carbons (Fsp3) is 0.529. The van der Waals surface area contributed by atoms with Crippen molar-refractivity contribution < 1.29 is 32.6 Å². The number of aliphatic carboxylic acids is 1. The molecule has 0 spiro atoms. The normalized spacial score (nSPS) is 20.3. The van der Waals surface area contributed by atoms with Gasteiger partial charge in [-0.25, -0.2) is 4.79 Å². The summed E-state index contributed by atoms with van der Waals surface area (Å²) in [4.78, 5) is 22.8. The molecule has 26 heavy (non-hydrogen) atoms. The summed E-state index contributed by atoms with van der Waals surface area (Å²) in [5, 5.41) is 14.4. The zero-order valence-corrected chi connectivity index (χ0v) is 14.0. The van der Waals surface area contributed by atoms with Crippen molar-refractivity contribution in [2.45, 2.75) is 44.4 Å². The van der Waals surface area contributed by atoms with Crippen LogP contribution >= 0.6 is 0 Å². The van der Waals surface area contributed by atoms with Crippen LogP contribution in [0.5, 0.6) is 5.75 Å². The van der Waals surface area contributed by atoms with Gasteiger partial charge in [-0.05, 0) is 43.4 Å². The third kappa shape index (κ3) is 6.81. The van der Waals surface area contributed by atoms with E-state index in [1.807, 2.05) is 0 Å². The molecule has 2 rings (SSSR count). The van der Waals surface area contributed by atoms with E-state index in [1.165, 1.54) is 12.1 Å². The standard InChI is InChI=1S/C17H21F3N2O4/c18-17(19,20)10-26-14-3-1-2-11(8-14)9-21-16(25)22-13-6-4-12(5-7-13)15(23)24/h1-3,8,12-13H,4-7,9-10H2,(H,23,24)(H2,21,22,25). The Morgan fingerprint density at radius 1 is 1.19 bits per heavy atom. The Kier molecular flexibility index (Phi) is 6.70. The lowest BCUT2D eigenvalue weighted by atomic mass is 9.86. The van der Waals surface area contributed by atoms with Crippen molar-refractivity contribution in [1.29, 1.82) is 0 Å². The molecule has 9 heteroatoms. The molecule has 1 aromatic carbocycles. The smallest absolute Gasteiger partial charge is 0.422 e. The van der Waals surface area contributed by atoms with Crippen LogP contribution in [-0.4, -0.2) is 35.9 Å². The lowest BCUT2D eigenvalue weighted by Crippen LogP contribution is -2.43. The number of rotatable bonds is 6. The van der Waals surface area contributed by atoms with Crippen molar-refractivity contribution in [2.75, 3.05) is 6.61 Å². The Balaban J connectivity index is 1.74. The van der Waals surface area contributed by atoms with E-state index >= 15 is 0 Å². The van der Waals surface area contributed by atoms with Crippen molar-refractivity contribution in [3.63, 3.8) is 0 Å². The molecule has 0 aromatic heterocycles.